The molecule has 1 aromatic carbocycles. The third-order valence-corrected chi connectivity index (χ3v) is 3.54. The average Bonchev–Trinajstić information content (AvgIpc) is 2.53. The predicted molar refractivity (Wildman–Crippen MR) is 89.1 cm³/mol. The van der Waals surface area contributed by atoms with E-state index in [4.69, 9.17) is 5.73 Å². The Balaban J connectivity index is 2.36. The maximum Gasteiger partial charge on any atom is 0.161 e. The molecule has 0 saturated heterocycles. The van der Waals surface area contributed by atoms with Gasteiger partial charge in [0.15, 0.2) is 5.82 Å². The summed E-state index contributed by atoms with van der Waals surface area (Å²) in [5.41, 5.74) is 7.72. The van der Waals surface area contributed by atoms with Crippen molar-refractivity contribution in [2.75, 3.05) is 5.73 Å². The second-order valence-corrected chi connectivity index (χ2v) is 5.21. The number of hydrogen-bond donors (Lipinski definition) is 2. The third kappa shape index (κ3) is 3.76. The van der Waals surface area contributed by atoms with E-state index in [2.05, 4.69) is 35.9 Å². The summed E-state index contributed by atoms with van der Waals surface area (Å²) in [6.45, 7) is 4.29. The Kier molecular flexibility index (Phi) is 5.37. The van der Waals surface area contributed by atoms with Crippen molar-refractivity contribution in [1.82, 2.24) is 10.2 Å². The molecule has 0 aliphatic carbocycles. The van der Waals surface area contributed by atoms with E-state index in [1.807, 2.05) is 6.07 Å². The first-order chi connectivity index (χ1) is 10.7. The van der Waals surface area contributed by atoms with E-state index in [0.29, 0.717) is 28.6 Å². The molecule has 1 unspecified atom stereocenters. The van der Waals surface area contributed by atoms with Crippen LogP contribution in [0.15, 0.2) is 30.3 Å². The van der Waals surface area contributed by atoms with Crippen molar-refractivity contribution < 1.29 is 5.11 Å². The Morgan fingerprint density at radius 3 is 2.68 bits per heavy atom. The van der Waals surface area contributed by atoms with E-state index in [-0.39, 0.29) is 5.75 Å². The van der Waals surface area contributed by atoms with Crippen molar-refractivity contribution >= 4 is 5.82 Å². The summed E-state index contributed by atoms with van der Waals surface area (Å²) in [6, 6.07) is 8.79. The normalized spacial score (nSPS) is 11.5. The van der Waals surface area contributed by atoms with Crippen LogP contribution in [-0.4, -0.2) is 15.3 Å². The van der Waals surface area contributed by atoms with Gasteiger partial charge >= 0.3 is 0 Å². The minimum atomic E-state index is 0.165. The monoisotopic (exact) mass is 295 g/mol. The molecular weight excluding hydrogens is 274 g/mol. The van der Waals surface area contributed by atoms with Crippen LogP contribution < -0.4 is 5.73 Å². The van der Waals surface area contributed by atoms with Gasteiger partial charge in [0.25, 0.3) is 0 Å². The Morgan fingerprint density at radius 1 is 1.23 bits per heavy atom. The molecule has 4 heteroatoms. The first-order valence-electron chi connectivity index (χ1n) is 7.58. The lowest BCUT2D eigenvalue weighted by Gasteiger charge is -2.06. The van der Waals surface area contributed by atoms with E-state index in [9.17, 15) is 5.11 Å². The van der Waals surface area contributed by atoms with Gasteiger partial charge in [0.2, 0.25) is 0 Å². The Labute approximate surface area is 131 Å². The molecule has 0 aliphatic rings. The molecule has 2 rings (SSSR count). The zero-order valence-corrected chi connectivity index (χ0v) is 13.0. The number of phenolic OH excluding ortho intramolecular Hbond substituents is 1. The van der Waals surface area contributed by atoms with Gasteiger partial charge in [-0.2, -0.15) is 0 Å². The second-order valence-electron chi connectivity index (χ2n) is 5.21. The van der Waals surface area contributed by atoms with Crippen LogP contribution in [0.1, 0.15) is 38.7 Å². The quantitative estimate of drug-likeness (QED) is 0.845. The van der Waals surface area contributed by atoms with Gasteiger partial charge in [-0.25, -0.2) is 0 Å². The van der Waals surface area contributed by atoms with Gasteiger partial charge in [0.05, 0.1) is 11.3 Å². The van der Waals surface area contributed by atoms with Crippen molar-refractivity contribution in [3.05, 3.63) is 35.9 Å². The summed E-state index contributed by atoms with van der Waals surface area (Å²) < 4.78 is 0. The highest BCUT2D eigenvalue weighted by molar-refractivity contribution is 5.69. The second kappa shape index (κ2) is 7.46. The summed E-state index contributed by atoms with van der Waals surface area (Å²) in [5, 5.41) is 17.9. The first kappa shape index (κ1) is 15.8. The van der Waals surface area contributed by atoms with Gasteiger partial charge in [-0.15, -0.1) is 10.2 Å². The Bertz CT molecular complexity index is 701. The number of aromatic hydroxyl groups is 1. The lowest BCUT2D eigenvalue weighted by atomic mass is 10.0. The number of para-hydroxylation sites is 1. The van der Waals surface area contributed by atoms with Gasteiger partial charge in [0, 0.05) is 11.5 Å². The van der Waals surface area contributed by atoms with Crippen LogP contribution in [0, 0.1) is 17.8 Å². The molecule has 0 fully saturated rings. The van der Waals surface area contributed by atoms with Crippen LogP contribution in [0.4, 0.5) is 5.82 Å². The van der Waals surface area contributed by atoms with E-state index >= 15 is 0 Å². The van der Waals surface area contributed by atoms with Gasteiger partial charge in [-0.3, -0.25) is 0 Å². The molecule has 0 amide bonds. The maximum absolute atomic E-state index is 9.92. The van der Waals surface area contributed by atoms with Crippen molar-refractivity contribution in [1.29, 1.82) is 0 Å². The molecule has 1 atom stereocenters. The largest absolute Gasteiger partial charge is 0.507 e. The van der Waals surface area contributed by atoms with Gasteiger partial charge < -0.3 is 10.8 Å². The summed E-state index contributed by atoms with van der Waals surface area (Å²) in [7, 11) is 0. The number of anilines is 1. The van der Waals surface area contributed by atoms with Crippen LogP contribution in [0.5, 0.6) is 5.75 Å². The predicted octanol–water partition coefficient (Wildman–Crippen LogP) is 3.61. The van der Waals surface area contributed by atoms with Gasteiger partial charge in [0.1, 0.15) is 5.75 Å². The molecule has 0 radical (unpaired) electrons. The molecular formula is C18H21N3O. The molecule has 1 heterocycles. The molecule has 114 valence electrons. The van der Waals surface area contributed by atoms with Crippen molar-refractivity contribution in [3.63, 3.8) is 0 Å². The third-order valence-electron chi connectivity index (χ3n) is 3.54. The fourth-order valence-corrected chi connectivity index (χ4v) is 2.23. The van der Waals surface area contributed by atoms with E-state index < -0.39 is 0 Å². The van der Waals surface area contributed by atoms with Gasteiger partial charge in [-0.05, 0) is 31.0 Å². The fraction of sp³-hybridized carbons (Fsp3) is 0.333. The molecule has 0 aliphatic heterocycles. The lowest BCUT2D eigenvalue weighted by molar-refractivity contribution is 0.477. The van der Waals surface area contributed by atoms with Crippen molar-refractivity contribution in [2.45, 2.75) is 33.1 Å². The zero-order chi connectivity index (χ0) is 15.9. The Morgan fingerprint density at radius 2 is 2.00 bits per heavy atom. The van der Waals surface area contributed by atoms with Gasteiger partial charge in [-0.1, -0.05) is 44.2 Å². The standard InChI is InChI=1S/C18H21N3O/c1-3-7-13(4-2)10-11-14-12-16(20-21-18(14)19)15-8-5-6-9-17(15)22/h5-6,8-9,12-13,22H,3-4,7H2,1-2H3,(H2,19,21). The Hall–Kier alpha value is -2.54. The van der Waals surface area contributed by atoms with Crippen molar-refractivity contribution in [2.24, 2.45) is 5.92 Å². The van der Waals surface area contributed by atoms with Crippen LogP contribution in [0.2, 0.25) is 0 Å². The highest BCUT2D eigenvalue weighted by Crippen LogP contribution is 2.27. The number of benzene rings is 1. The average molecular weight is 295 g/mol. The molecule has 0 bridgehead atoms. The molecule has 2 aromatic rings. The number of nitrogens with two attached hydrogens (primary N) is 1. The van der Waals surface area contributed by atoms with E-state index in [1.54, 1.807) is 24.3 Å². The lowest BCUT2D eigenvalue weighted by Crippen LogP contribution is -2.00. The first-order valence-corrected chi connectivity index (χ1v) is 7.58. The number of nitrogen functional groups attached to an aromatic ring is 1. The van der Waals surface area contributed by atoms with Crippen LogP contribution >= 0.6 is 0 Å². The number of aromatic nitrogens is 2. The van der Waals surface area contributed by atoms with E-state index in [0.717, 1.165) is 19.3 Å². The maximum atomic E-state index is 9.92. The number of nitrogens with zero attached hydrogens (tertiary/aromatic N) is 2. The molecule has 4 nitrogen and oxygen atoms in total. The smallest absolute Gasteiger partial charge is 0.161 e. The van der Waals surface area contributed by atoms with Crippen LogP contribution in [0.3, 0.4) is 0 Å². The summed E-state index contributed by atoms with van der Waals surface area (Å²) in [6.07, 6.45) is 3.21. The molecule has 3 N–H and O–H groups in total. The highest BCUT2D eigenvalue weighted by Gasteiger charge is 2.08. The SMILES string of the molecule is CCCC(C#Cc1cc(-c2ccccc2O)nnc1N)CC. The summed E-state index contributed by atoms with van der Waals surface area (Å²) in [5.74, 6) is 7.23. The fourth-order valence-electron chi connectivity index (χ4n) is 2.23. The van der Waals surface area contributed by atoms with Crippen LogP contribution in [0.25, 0.3) is 11.3 Å². The number of rotatable bonds is 4. The molecule has 22 heavy (non-hydrogen) atoms. The minimum absolute atomic E-state index is 0.165. The summed E-state index contributed by atoms with van der Waals surface area (Å²) >= 11 is 0. The van der Waals surface area contributed by atoms with Crippen molar-refractivity contribution in [3.8, 4) is 28.8 Å². The van der Waals surface area contributed by atoms with E-state index in [1.165, 1.54) is 0 Å². The zero-order valence-electron chi connectivity index (χ0n) is 13.0. The summed E-state index contributed by atoms with van der Waals surface area (Å²) in [4.78, 5) is 0. The minimum Gasteiger partial charge on any atom is -0.507 e. The molecule has 0 spiro atoms. The highest BCUT2D eigenvalue weighted by atomic mass is 16.3. The molecule has 0 saturated carbocycles. The number of hydrogen-bond acceptors (Lipinski definition) is 4. The topological polar surface area (TPSA) is 72.0 Å². The van der Waals surface area contributed by atoms with Crippen LogP contribution in [-0.2, 0) is 0 Å². The number of phenols is 1. The molecule has 1 aromatic heterocycles.